The van der Waals surface area contributed by atoms with Gasteiger partial charge in [-0.2, -0.15) is 0 Å². The molecule has 0 aromatic heterocycles. The van der Waals surface area contributed by atoms with Crippen LogP contribution in [0, 0.1) is 13.8 Å². The zero-order valence-electron chi connectivity index (χ0n) is 10.2. The molecular formula is C15H14BrClO. The number of hydrogen-bond acceptors (Lipinski definition) is 1. The normalized spacial score (nSPS) is 12.5. The van der Waals surface area contributed by atoms with E-state index in [9.17, 15) is 5.11 Å². The maximum absolute atomic E-state index is 10.4. The largest absolute Gasteiger partial charge is 0.384 e. The molecule has 0 aliphatic rings. The number of aliphatic hydroxyl groups is 1. The highest BCUT2D eigenvalue weighted by Crippen LogP contribution is 2.30. The van der Waals surface area contributed by atoms with Crippen LogP contribution in [0.4, 0.5) is 0 Å². The molecule has 94 valence electrons. The van der Waals surface area contributed by atoms with Crippen molar-refractivity contribution in [2.75, 3.05) is 0 Å². The first-order valence-corrected chi connectivity index (χ1v) is 6.86. The van der Waals surface area contributed by atoms with Crippen LogP contribution in [0.5, 0.6) is 0 Å². The average Bonchev–Trinajstić information content (AvgIpc) is 2.35. The molecule has 1 nitrogen and oxygen atoms in total. The molecule has 18 heavy (non-hydrogen) atoms. The van der Waals surface area contributed by atoms with E-state index >= 15 is 0 Å². The Morgan fingerprint density at radius 1 is 1.11 bits per heavy atom. The zero-order chi connectivity index (χ0) is 13.3. The molecule has 1 atom stereocenters. The maximum atomic E-state index is 10.4. The topological polar surface area (TPSA) is 20.2 Å². The molecule has 0 amide bonds. The highest BCUT2D eigenvalue weighted by atomic mass is 79.9. The first-order chi connectivity index (χ1) is 8.49. The number of hydrogen-bond donors (Lipinski definition) is 1. The Kier molecular flexibility index (Phi) is 4.10. The summed E-state index contributed by atoms with van der Waals surface area (Å²) in [6.45, 7) is 4.02. The minimum absolute atomic E-state index is 0.608. The van der Waals surface area contributed by atoms with E-state index in [1.807, 2.05) is 44.2 Å². The molecule has 0 aliphatic heterocycles. The van der Waals surface area contributed by atoms with Gasteiger partial charge in [0, 0.05) is 4.47 Å². The minimum Gasteiger partial charge on any atom is -0.384 e. The summed E-state index contributed by atoms with van der Waals surface area (Å²) in [6.07, 6.45) is -0.643. The van der Waals surface area contributed by atoms with Gasteiger partial charge < -0.3 is 5.11 Å². The van der Waals surface area contributed by atoms with Crippen LogP contribution in [0.3, 0.4) is 0 Å². The third-order valence-corrected chi connectivity index (χ3v) is 4.22. The first kappa shape index (κ1) is 13.6. The molecule has 0 bridgehead atoms. The van der Waals surface area contributed by atoms with Crippen LogP contribution in [0.15, 0.2) is 40.9 Å². The summed E-state index contributed by atoms with van der Waals surface area (Å²) in [4.78, 5) is 0. The zero-order valence-corrected chi connectivity index (χ0v) is 12.6. The van der Waals surface area contributed by atoms with Crippen molar-refractivity contribution in [2.45, 2.75) is 20.0 Å². The van der Waals surface area contributed by atoms with Gasteiger partial charge in [0.25, 0.3) is 0 Å². The van der Waals surface area contributed by atoms with Crippen LogP contribution < -0.4 is 0 Å². The standard InChI is InChI=1S/C15H14BrClO/c1-9-3-4-10(2)12(7-9)15(18)11-5-6-13(16)14(17)8-11/h3-8,15,18H,1-2H3. The van der Waals surface area contributed by atoms with Gasteiger partial charge in [0.1, 0.15) is 6.10 Å². The molecule has 0 aliphatic carbocycles. The lowest BCUT2D eigenvalue weighted by molar-refractivity contribution is 0.219. The van der Waals surface area contributed by atoms with Crippen molar-refractivity contribution in [3.05, 3.63) is 68.1 Å². The quantitative estimate of drug-likeness (QED) is 0.841. The third-order valence-electron chi connectivity index (χ3n) is 2.99. The van der Waals surface area contributed by atoms with Gasteiger partial charge in [0.15, 0.2) is 0 Å². The molecule has 3 heteroatoms. The summed E-state index contributed by atoms with van der Waals surface area (Å²) >= 11 is 9.41. The molecule has 1 N–H and O–H groups in total. The molecule has 2 aromatic rings. The second kappa shape index (κ2) is 5.43. The number of aliphatic hydroxyl groups excluding tert-OH is 1. The monoisotopic (exact) mass is 324 g/mol. The van der Waals surface area contributed by atoms with Crippen LogP contribution in [0.2, 0.25) is 5.02 Å². The fourth-order valence-electron chi connectivity index (χ4n) is 1.92. The molecule has 2 aromatic carbocycles. The van der Waals surface area contributed by atoms with E-state index in [1.54, 1.807) is 6.07 Å². The van der Waals surface area contributed by atoms with Crippen molar-refractivity contribution in [1.29, 1.82) is 0 Å². The Morgan fingerprint density at radius 3 is 2.50 bits per heavy atom. The molecule has 1 unspecified atom stereocenters. The smallest absolute Gasteiger partial charge is 0.104 e. The number of aryl methyl sites for hydroxylation is 2. The summed E-state index contributed by atoms with van der Waals surface area (Å²) < 4.78 is 0.834. The van der Waals surface area contributed by atoms with E-state index in [2.05, 4.69) is 15.9 Å². The van der Waals surface area contributed by atoms with Crippen LogP contribution in [0.1, 0.15) is 28.4 Å². The van der Waals surface area contributed by atoms with Gasteiger partial charge in [-0.3, -0.25) is 0 Å². The van der Waals surface area contributed by atoms with Crippen LogP contribution >= 0.6 is 27.5 Å². The van der Waals surface area contributed by atoms with Gasteiger partial charge >= 0.3 is 0 Å². The summed E-state index contributed by atoms with van der Waals surface area (Å²) in [7, 11) is 0. The number of halogens is 2. The molecular weight excluding hydrogens is 312 g/mol. The minimum atomic E-state index is -0.643. The number of rotatable bonds is 2. The van der Waals surface area contributed by atoms with Gasteiger partial charge in [0.05, 0.1) is 5.02 Å². The summed E-state index contributed by atoms with van der Waals surface area (Å²) in [6, 6.07) is 11.6. The summed E-state index contributed by atoms with van der Waals surface area (Å²) in [5.74, 6) is 0. The fourth-order valence-corrected chi connectivity index (χ4v) is 2.35. The molecule has 2 rings (SSSR count). The second-order valence-corrected chi connectivity index (χ2v) is 5.70. The van der Waals surface area contributed by atoms with E-state index in [0.717, 1.165) is 26.7 Å². The summed E-state index contributed by atoms with van der Waals surface area (Å²) in [5, 5.41) is 11.0. The van der Waals surface area contributed by atoms with E-state index in [1.165, 1.54) is 0 Å². The van der Waals surface area contributed by atoms with Crippen molar-refractivity contribution < 1.29 is 5.11 Å². The molecule has 0 radical (unpaired) electrons. The second-order valence-electron chi connectivity index (χ2n) is 4.44. The van der Waals surface area contributed by atoms with Crippen LogP contribution in [0.25, 0.3) is 0 Å². The Labute approximate surface area is 121 Å². The molecule has 0 saturated carbocycles. The Morgan fingerprint density at radius 2 is 1.83 bits per heavy atom. The van der Waals surface area contributed by atoms with E-state index in [0.29, 0.717) is 5.02 Å². The highest BCUT2D eigenvalue weighted by Gasteiger charge is 2.14. The van der Waals surface area contributed by atoms with Crippen molar-refractivity contribution in [3.8, 4) is 0 Å². The van der Waals surface area contributed by atoms with Crippen LogP contribution in [-0.2, 0) is 0 Å². The Hall–Kier alpha value is -0.830. The van der Waals surface area contributed by atoms with Gasteiger partial charge in [-0.05, 0) is 58.6 Å². The van der Waals surface area contributed by atoms with E-state index in [-0.39, 0.29) is 0 Å². The molecule has 0 fully saturated rings. The van der Waals surface area contributed by atoms with Gasteiger partial charge in [-0.1, -0.05) is 41.4 Å². The van der Waals surface area contributed by atoms with E-state index < -0.39 is 6.10 Å². The van der Waals surface area contributed by atoms with Crippen molar-refractivity contribution in [1.82, 2.24) is 0 Å². The lowest BCUT2D eigenvalue weighted by Gasteiger charge is -2.15. The van der Waals surface area contributed by atoms with Gasteiger partial charge in [0.2, 0.25) is 0 Å². The predicted octanol–water partition coefficient (Wildman–Crippen LogP) is 4.80. The lowest BCUT2D eigenvalue weighted by atomic mass is 9.96. The SMILES string of the molecule is Cc1ccc(C)c(C(O)c2ccc(Br)c(Cl)c2)c1. The van der Waals surface area contributed by atoms with Crippen LogP contribution in [-0.4, -0.2) is 5.11 Å². The third kappa shape index (κ3) is 2.77. The Bertz CT molecular complexity index is 581. The van der Waals surface area contributed by atoms with E-state index in [4.69, 9.17) is 11.6 Å². The molecule has 0 saturated heterocycles. The first-order valence-electron chi connectivity index (χ1n) is 5.69. The number of benzene rings is 2. The van der Waals surface area contributed by atoms with Crippen molar-refractivity contribution in [2.24, 2.45) is 0 Å². The molecule has 0 heterocycles. The Balaban J connectivity index is 2.44. The molecule has 0 spiro atoms. The van der Waals surface area contributed by atoms with Crippen molar-refractivity contribution >= 4 is 27.5 Å². The summed E-state index contributed by atoms with van der Waals surface area (Å²) in [5.41, 5.74) is 3.94. The average molecular weight is 326 g/mol. The lowest BCUT2D eigenvalue weighted by Crippen LogP contribution is -2.02. The van der Waals surface area contributed by atoms with Gasteiger partial charge in [-0.15, -0.1) is 0 Å². The fraction of sp³-hybridized carbons (Fsp3) is 0.200. The highest BCUT2D eigenvalue weighted by molar-refractivity contribution is 9.10. The maximum Gasteiger partial charge on any atom is 0.104 e. The van der Waals surface area contributed by atoms with Gasteiger partial charge in [-0.25, -0.2) is 0 Å². The predicted molar refractivity (Wildman–Crippen MR) is 79.1 cm³/mol. The van der Waals surface area contributed by atoms with Crippen molar-refractivity contribution in [3.63, 3.8) is 0 Å².